The topological polar surface area (TPSA) is 40.5 Å². The first-order valence-electron chi connectivity index (χ1n) is 13.3. The van der Waals surface area contributed by atoms with Crippen molar-refractivity contribution in [2.75, 3.05) is 6.61 Å². The predicted octanol–water partition coefficient (Wildman–Crippen LogP) is 6.83. The van der Waals surface area contributed by atoms with Crippen LogP contribution in [0, 0.1) is 51.2 Å². The first-order chi connectivity index (χ1) is 14.1. The third-order valence-corrected chi connectivity index (χ3v) is 12.2. The Bertz CT molecular complexity index is 628. The second-order valence-electron chi connectivity index (χ2n) is 13.3. The number of aliphatic hydroxyl groups is 2. The molecule has 4 aliphatic carbocycles. The lowest BCUT2D eigenvalue weighted by molar-refractivity contribution is -0.242. The second-order valence-corrected chi connectivity index (χ2v) is 13.3. The molecule has 4 fully saturated rings. The van der Waals surface area contributed by atoms with E-state index in [1.54, 1.807) is 0 Å². The summed E-state index contributed by atoms with van der Waals surface area (Å²) in [5.41, 5.74) is 1.24. The van der Waals surface area contributed by atoms with Gasteiger partial charge < -0.3 is 10.2 Å². The summed E-state index contributed by atoms with van der Waals surface area (Å²) in [4.78, 5) is 0. The Labute approximate surface area is 186 Å². The standard InChI is InChI=1S/C28H50O2/c1-7-8-9-20-19(18-29)12-16-27(5)21(20)10-11-23-26(4)15-14-24(30)25(2,3)22(26)13-17-28(23,27)6/h19-24,29-30H,7-18H2,1-6H3/t19?,20?,21?,22?,23?,24?,26?,27-,28?/m1/s1. The molecule has 0 radical (unpaired) electrons. The van der Waals surface area contributed by atoms with Crippen molar-refractivity contribution in [3.8, 4) is 0 Å². The fourth-order valence-corrected chi connectivity index (χ4v) is 10.2. The molecule has 0 spiro atoms. The molecule has 8 unspecified atom stereocenters. The molecular formula is C28H50O2. The minimum Gasteiger partial charge on any atom is -0.396 e. The molecule has 9 atom stereocenters. The number of fused-ring (bicyclic) bond motifs is 5. The van der Waals surface area contributed by atoms with Crippen LogP contribution >= 0.6 is 0 Å². The summed E-state index contributed by atoms with van der Waals surface area (Å²) in [6, 6.07) is 0. The Morgan fingerprint density at radius 2 is 1.50 bits per heavy atom. The van der Waals surface area contributed by atoms with E-state index in [9.17, 15) is 10.2 Å². The maximum atomic E-state index is 10.8. The van der Waals surface area contributed by atoms with Gasteiger partial charge in [0.15, 0.2) is 0 Å². The average Bonchev–Trinajstić information content (AvgIpc) is 2.69. The molecule has 0 amide bonds. The Kier molecular flexibility index (Phi) is 5.97. The highest BCUT2D eigenvalue weighted by Crippen LogP contribution is 2.74. The summed E-state index contributed by atoms with van der Waals surface area (Å²) in [5, 5.41) is 21.0. The molecular weight excluding hydrogens is 368 g/mol. The molecule has 4 aliphatic rings. The number of hydrogen-bond donors (Lipinski definition) is 2. The van der Waals surface area contributed by atoms with Crippen molar-refractivity contribution in [2.45, 2.75) is 118 Å². The van der Waals surface area contributed by atoms with Crippen LogP contribution in [0.3, 0.4) is 0 Å². The summed E-state index contributed by atoms with van der Waals surface area (Å²) in [5.74, 6) is 3.48. The van der Waals surface area contributed by atoms with Gasteiger partial charge in [-0.25, -0.2) is 0 Å². The first kappa shape index (κ1) is 23.1. The Morgan fingerprint density at radius 3 is 2.17 bits per heavy atom. The van der Waals surface area contributed by atoms with Crippen LogP contribution in [0.2, 0.25) is 0 Å². The van der Waals surface area contributed by atoms with Gasteiger partial charge >= 0.3 is 0 Å². The molecule has 0 aromatic heterocycles. The summed E-state index contributed by atoms with van der Waals surface area (Å²) >= 11 is 0. The molecule has 0 saturated heterocycles. The van der Waals surface area contributed by atoms with Crippen molar-refractivity contribution in [3.63, 3.8) is 0 Å². The van der Waals surface area contributed by atoms with Gasteiger partial charge in [-0.3, -0.25) is 0 Å². The van der Waals surface area contributed by atoms with E-state index in [2.05, 4.69) is 41.5 Å². The Hall–Kier alpha value is -0.0800. The van der Waals surface area contributed by atoms with E-state index in [-0.39, 0.29) is 11.5 Å². The van der Waals surface area contributed by atoms with E-state index < -0.39 is 0 Å². The van der Waals surface area contributed by atoms with Gasteiger partial charge in [0.1, 0.15) is 0 Å². The number of aliphatic hydroxyl groups excluding tert-OH is 2. The van der Waals surface area contributed by atoms with Gasteiger partial charge in [0.05, 0.1) is 6.10 Å². The molecule has 2 heteroatoms. The molecule has 4 saturated carbocycles. The third-order valence-electron chi connectivity index (χ3n) is 12.2. The van der Waals surface area contributed by atoms with Crippen molar-refractivity contribution in [2.24, 2.45) is 51.2 Å². The average molecular weight is 419 g/mol. The molecule has 0 heterocycles. The van der Waals surface area contributed by atoms with E-state index in [1.165, 1.54) is 64.2 Å². The van der Waals surface area contributed by atoms with Crippen molar-refractivity contribution in [3.05, 3.63) is 0 Å². The number of rotatable bonds is 4. The van der Waals surface area contributed by atoms with Gasteiger partial charge in [-0.2, -0.15) is 0 Å². The van der Waals surface area contributed by atoms with Crippen molar-refractivity contribution < 1.29 is 10.2 Å². The van der Waals surface area contributed by atoms with Gasteiger partial charge in [0, 0.05) is 6.61 Å². The summed E-state index contributed by atoms with van der Waals surface area (Å²) in [6.45, 7) is 15.4. The zero-order valence-electron chi connectivity index (χ0n) is 20.8. The molecule has 0 aromatic rings. The quantitative estimate of drug-likeness (QED) is 0.525. The van der Waals surface area contributed by atoms with Crippen LogP contribution in [0.4, 0.5) is 0 Å². The van der Waals surface area contributed by atoms with Crippen LogP contribution in [0.5, 0.6) is 0 Å². The zero-order chi connectivity index (χ0) is 21.9. The third kappa shape index (κ3) is 3.01. The van der Waals surface area contributed by atoms with Crippen molar-refractivity contribution in [1.82, 2.24) is 0 Å². The normalized spacial score (nSPS) is 52.8. The van der Waals surface area contributed by atoms with Crippen LogP contribution in [0.25, 0.3) is 0 Å². The monoisotopic (exact) mass is 418 g/mol. The van der Waals surface area contributed by atoms with E-state index in [0.29, 0.717) is 34.7 Å². The highest BCUT2D eigenvalue weighted by atomic mass is 16.3. The maximum absolute atomic E-state index is 10.8. The lowest BCUT2D eigenvalue weighted by Crippen LogP contribution is -2.66. The predicted molar refractivity (Wildman–Crippen MR) is 125 cm³/mol. The fourth-order valence-electron chi connectivity index (χ4n) is 10.2. The second kappa shape index (κ2) is 7.75. The van der Waals surface area contributed by atoms with Crippen molar-refractivity contribution >= 4 is 0 Å². The minimum absolute atomic E-state index is 0.0459. The molecule has 0 aromatic carbocycles. The first-order valence-corrected chi connectivity index (χ1v) is 13.3. The SMILES string of the molecule is CCCCC1C(CO)CC[C@]2(C)C1CCC1C3(C)CCC(O)C(C)(C)C3CCC12C. The van der Waals surface area contributed by atoms with Crippen LogP contribution in [-0.2, 0) is 0 Å². The van der Waals surface area contributed by atoms with Gasteiger partial charge in [0.2, 0.25) is 0 Å². The van der Waals surface area contributed by atoms with Gasteiger partial charge in [-0.15, -0.1) is 0 Å². The number of unbranched alkanes of at least 4 members (excludes halogenated alkanes) is 1. The van der Waals surface area contributed by atoms with Gasteiger partial charge in [0.25, 0.3) is 0 Å². The largest absolute Gasteiger partial charge is 0.396 e. The van der Waals surface area contributed by atoms with E-state index >= 15 is 0 Å². The zero-order valence-corrected chi connectivity index (χ0v) is 20.8. The summed E-state index contributed by atoms with van der Waals surface area (Å²) < 4.78 is 0. The molecule has 0 aliphatic heterocycles. The van der Waals surface area contributed by atoms with Gasteiger partial charge in [-0.1, -0.05) is 54.4 Å². The molecule has 2 N–H and O–H groups in total. The van der Waals surface area contributed by atoms with Crippen molar-refractivity contribution in [1.29, 1.82) is 0 Å². The van der Waals surface area contributed by atoms with E-state index in [4.69, 9.17) is 0 Å². The summed E-state index contributed by atoms with van der Waals surface area (Å²) in [7, 11) is 0. The highest BCUT2D eigenvalue weighted by molar-refractivity contribution is 5.16. The maximum Gasteiger partial charge on any atom is 0.0594 e. The lowest BCUT2D eigenvalue weighted by atomic mass is 9.33. The van der Waals surface area contributed by atoms with Crippen LogP contribution in [0.15, 0.2) is 0 Å². The molecule has 30 heavy (non-hydrogen) atoms. The molecule has 0 bridgehead atoms. The fraction of sp³-hybridized carbons (Fsp3) is 1.00. The lowest BCUT2D eigenvalue weighted by Gasteiger charge is -2.72. The van der Waals surface area contributed by atoms with E-state index in [0.717, 1.165) is 24.2 Å². The smallest absolute Gasteiger partial charge is 0.0594 e. The van der Waals surface area contributed by atoms with Crippen LogP contribution < -0.4 is 0 Å². The molecule has 4 rings (SSSR count). The Morgan fingerprint density at radius 1 is 0.800 bits per heavy atom. The van der Waals surface area contributed by atoms with Gasteiger partial charge in [-0.05, 0) is 109 Å². The Balaban J connectivity index is 1.69. The van der Waals surface area contributed by atoms with Crippen LogP contribution in [0.1, 0.15) is 112 Å². The van der Waals surface area contributed by atoms with E-state index in [1.807, 2.05) is 0 Å². The molecule has 2 nitrogen and oxygen atoms in total. The molecule has 174 valence electrons. The van der Waals surface area contributed by atoms with Crippen LogP contribution in [-0.4, -0.2) is 22.9 Å². The number of hydrogen-bond acceptors (Lipinski definition) is 2. The minimum atomic E-state index is -0.134. The highest BCUT2D eigenvalue weighted by Gasteiger charge is 2.68. The summed E-state index contributed by atoms with van der Waals surface area (Å²) in [6.07, 6.45) is 13.9.